The summed E-state index contributed by atoms with van der Waals surface area (Å²) in [4.78, 5) is 50.4. The molecule has 0 heterocycles. The van der Waals surface area contributed by atoms with Crippen molar-refractivity contribution >= 4 is 35.1 Å². The van der Waals surface area contributed by atoms with Gasteiger partial charge in [-0.05, 0) is 29.7 Å². The molecule has 1 unspecified atom stereocenters. The number of ether oxygens (including phenoxy) is 1. The van der Waals surface area contributed by atoms with Crippen LogP contribution >= 0.6 is 11.6 Å². The summed E-state index contributed by atoms with van der Waals surface area (Å²) in [6.45, 7) is 0.960. The third-order valence-electron chi connectivity index (χ3n) is 5.64. The SMILES string of the molecule is CC(C)[C@H](NC(=O)C(Cc1ccccc1)NC(=O)COc1cccc(Cl)c1)C(=O)C(F)(F)C(=O)NCCC(F)(F)F. The zero-order valence-electron chi connectivity index (χ0n) is 22.1. The van der Waals surface area contributed by atoms with Crippen LogP contribution in [-0.2, 0) is 25.6 Å². The Kier molecular flexibility index (Phi) is 12.1. The van der Waals surface area contributed by atoms with E-state index in [4.69, 9.17) is 16.3 Å². The van der Waals surface area contributed by atoms with Crippen LogP contribution in [0.15, 0.2) is 54.6 Å². The molecule has 8 nitrogen and oxygen atoms in total. The molecule has 0 saturated heterocycles. The minimum absolute atomic E-state index is 0.0943. The molecule has 0 bridgehead atoms. The van der Waals surface area contributed by atoms with Gasteiger partial charge in [0, 0.05) is 18.0 Å². The Bertz CT molecular complexity index is 1210. The smallest absolute Gasteiger partial charge is 0.390 e. The van der Waals surface area contributed by atoms with Gasteiger partial charge in [-0.1, -0.05) is 61.8 Å². The Morgan fingerprint density at radius 2 is 1.59 bits per heavy atom. The van der Waals surface area contributed by atoms with Gasteiger partial charge in [0.15, 0.2) is 6.61 Å². The van der Waals surface area contributed by atoms with Crippen LogP contribution in [0.2, 0.25) is 5.02 Å². The molecular weight excluding hydrogens is 577 g/mol. The van der Waals surface area contributed by atoms with Crippen LogP contribution in [0.3, 0.4) is 0 Å². The zero-order chi connectivity index (χ0) is 30.8. The Hall–Kier alpha value is -3.74. The molecule has 3 N–H and O–H groups in total. The van der Waals surface area contributed by atoms with E-state index in [1.54, 1.807) is 48.5 Å². The maximum absolute atomic E-state index is 14.6. The third kappa shape index (κ3) is 11.0. The minimum Gasteiger partial charge on any atom is -0.484 e. The zero-order valence-corrected chi connectivity index (χ0v) is 22.8. The minimum atomic E-state index is -4.74. The standard InChI is InChI=1S/C27H29ClF5N3O5/c1-16(2)22(23(38)27(32,33)25(40)34-12-11-26(29,30)31)36-24(39)20(13-17-7-4-3-5-8-17)35-21(37)15-41-19-10-6-9-18(28)14-19/h3-10,14,16,20,22H,11-13,15H2,1-2H3,(H,34,40)(H,35,37)(H,36,39)/t20?,22-/m0/s1. The van der Waals surface area contributed by atoms with Gasteiger partial charge in [0.1, 0.15) is 11.8 Å². The van der Waals surface area contributed by atoms with Gasteiger partial charge in [-0.15, -0.1) is 0 Å². The first-order chi connectivity index (χ1) is 19.1. The number of nitrogens with one attached hydrogen (secondary N) is 3. The van der Waals surface area contributed by atoms with Crippen molar-refractivity contribution < 1.29 is 45.9 Å². The third-order valence-corrected chi connectivity index (χ3v) is 5.87. The average Bonchev–Trinajstić information content (AvgIpc) is 2.89. The number of Topliss-reactive ketones (excluding diaryl/α,β-unsaturated/α-hetero) is 1. The fourth-order valence-electron chi connectivity index (χ4n) is 3.53. The highest BCUT2D eigenvalue weighted by molar-refractivity contribution is 6.30. The van der Waals surface area contributed by atoms with Gasteiger partial charge in [0.05, 0.1) is 12.5 Å². The van der Waals surface area contributed by atoms with E-state index in [2.05, 4.69) is 10.6 Å². The average molecular weight is 606 g/mol. The maximum atomic E-state index is 14.6. The van der Waals surface area contributed by atoms with E-state index in [1.165, 1.54) is 25.2 Å². The number of amides is 3. The molecule has 2 aromatic carbocycles. The van der Waals surface area contributed by atoms with Crippen molar-refractivity contribution in [1.29, 1.82) is 0 Å². The van der Waals surface area contributed by atoms with Crippen LogP contribution < -0.4 is 20.7 Å². The van der Waals surface area contributed by atoms with Crippen molar-refractivity contribution in [3.63, 3.8) is 0 Å². The van der Waals surface area contributed by atoms with Gasteiger partial charge in [-0.2, -0.15) is 22.0 Å². The quantitative estimate of drug-likeness (QED) is 0.224. The second-order valence-corrected chi connectivity index (χ2v) is 9.78. The first-order valence-electron chi connectivity index (χ1n) is 12.4. The lowest BCUT2D eigenvalue weighted by atomic mass is 9.94. The Morgan fingerprint density at radius 3 is 2.17 bits per heavy atom. The summed E-state index contributed by atoms with van der Waals surface area (Å²) in [5.41, 5.74) is 0.588. The lowest BCUT2D eigenvalue weighted by Crippen LogP contribution is -2.59. The maximum Gasteiger partial charge on any atom is 0.390 e. The molecule has 0 saturated carbocycles. The summed E-state index contributed by atoms with van der Waals surface area (Å²) < 4.78 is 71.6. The fourth-order valence-corrected chi connectivity index (χ4v) is 3.71. The van der Waals surface area contributed by atoms with Gasteiger partial charge < -0.3 is 20.7 Å². The van der Waals surface area contributed by atoms with Crippen LogP contribution in [-0.4, -0.2) is 60.8 Å². The molecule has 41 heavy (non-hydrogen) atoms. The number of ketones is 1. The Labute approximate surface area is 238 Å². The number of benzene rings is 2. The normalized spacial score (nSPS) is 13.2. The molecule has 0 aromatic heterocycles. The van der Waals surface area contributed by atoms with Crippen LogP contribution in [0.5, 0.6) is 5.75 Å². The molecule has 0 aliphatic carbocycles. The monoisotopic (exact) mass is 605 g/mol. The predicted octanol–water partition coefficient (Wildman–Crippen LogP) is 3.86. The number of halogens is 6. The van der Waals surface area contributed by atoms with Crippen molar-refractivity contribution in [1.82, 2.24) is 16.0 Å². The molecule has 14 heteroatoms. The van der Waals surface area contributed by atoms with Crippen molar-refractivity contribution in [2.75, 3.05) is 13.2 Å². The summed E-state index contributed by atoms with van der Waals surface area (Å²) in [5, 5.41) is 6.37. The highest BCUT2D eigenvalue weighted by atomic mass is 35.5. The largest absolute Gasteiger partial charge is 0.484 e. The number of carbonyl (C=O) groups is 4. The summed E-state index contributed by atoms with van der Waals surface area (Å²) in [6.07, 6.45) is -6.38. The van der Waals surface area contributed by atoms with E-state index >= 15 is 0 Å². The molecule has 2 aromatic rings. The Balaban J connectivity index is 2.16. The lowest BCUT2D eigenvalue weighted by molar-refractivity contribution is -0.162. The van der Waals surface area contributed by atoms with E-state index in [0.29, 0.717) is 10.6 Å². The summed E-state index contributed by atoms with van der Waals surface area (Å²) >= 11 is 5.89. The number of hydrogen-bond donors (Lipinski definition) is 3. The van der Waals surface area contributed by atoms with Crippen molar-refractivity contribution in [2.45, 2.75) is 50.9 Å². The molecule has 2 atom stereocenters. The number of alkyl halides is 5. The number of carbonyl (C=O) groups excluding carboxylic acids is 4. The van der Waals surface area contributed by atoms with Gasteiger partial charge in [0.25, 0.3) is 11.8 Å². The first kappa shape index (κ1) is 33.5. The summed E-state index contributed by atoms with van der Waals surface area (Å²) in [6, 6.07) is 11.3. The van der Waals surface area contributed by atoms with Crippen molar-refractivity contribution in [2.24, 2.45) is 5.92 Å². The second-order valence-electron chi connectivity index (χ2n) is 9.35. The van der Waals surface area contributed by atoms with Gasteiger partial charge in [-0.3, -0.25) is 19.2 Å². The molecule has 3 amide bonds. The molecule has 0 radical (unpaired) electrons. The summed E-state index contributed by atoms with van der Waals surface area (Å²) in [5.74, 6) is -11.4. The van der Waals surface area contributed by atoms with Crippen LogP contribution in [0.1, 0.15) is 25.8 Å². The lowest BCUT2D eigenvalue weighted by Gasteiger charge is -2.27. The molecule has 0 aliphatic rings. The van der Waals surface area contributed by atoms with E-state index < -0.39 is 73.2 Å². The molecule has 0 aliphatic heterocycles. The van der Waals surface area contributed by atoms with Crippen LogP contribution in [0, 0.1) is 5.92 Å². The van der Waals surface area contributed by atoms with Crippen molar-refractivity contribution in [3.05, 3.63) is 65.2 Å². The van der Waals surface area contributed by atoms with Crippen LogP contribution in [0.4, 0.5) is 22.0 Å². The second kappa shape index (κ2) is 14.8. The predicted molar refractivity (Wildman–Crippen MR) is 139 cm³/mol. The van der Waals surface area contributed by atoms with Gasteiger partial charge in [0.2, 0.25) is 11.7 Å². The molecule has 0 fully saturated rings. The number of hydrogen-bond acceptors (Lipinski definition) is 5. The van der Waals surface area contributed by atoms with E-state index in [9.17, 15) is 41.1 Å². The van der Waals surface area contributed by atoms with Crippen LogP contribution in [0.25, 0.3) is 0 Å². The highest BCUT2D eigenvalue weighted by Crippen LogP contribution is 2.22. The summed E-state index contributed by atoms with van der Waals surface area (Å²) in [7, 11) is 0. The topological polar surface area (TPSA) is 114 Å². The molecule has 0 spiro atoms. The molecular formula is C27H29ClF5N3O5. The van der Waals surface area contributed by atoms with Gasteiger partial charge >= 0.3 is 12.1 Å². The van der Waals surface area contributed by atoms with Gasteiger partial charge in [-0.25, -0.2) is 0 Å². The fraction of sp³-hybridized carbons (Fsp3) is 0.407. The molecule has 224 valence electrons. The number of rotatable bonds is 14. The first-order valence-corrected chi connectivity index (χ1v) is 12.8. The van der Waals surface area contributed by atoms with Crippen molar-refractivity contribution in [3.8, 4) is 5.75 Å². The van der Waals surface area contributed by atoms with E-state index in [1.807, 2.05) is 0 Å². The highest BCUT2D eigenvalue weighted by Gasteiger charge is 2.51. The Morgan fingerprint density at radius 1 is 0.927 bits per heavy atom. The van der Waals surface area contributed by atoms with E-state index in [0.717, 1.165) is 0 Å². The van der Waals surface area contributed by atoms with E-state index in [-0.39, 0.29) is 12.2 Å². The molecule has 2 rings (SSSR count).